The van der Waals surface area contributed by atoms with Crippen LogP contribution in [0.2, 0.25) is 0 Å². The van der Waals surface area contributed by atoms with Crippen molar-refractivity contribution in [1.82, 2.24) is 0 Å². The van der Waals surface area contributed by atoms with Gasteiger partial charge in [-0.25, -0.2) is 0 Å². The van der Waals surface area contributed by atoms with Gasteiger partial charge in [-0.05, 0) is 0 Å². The first-order chi connectivity index (χ1) is 4.63. The maximum atomic E-state index is 10.4. The standard InChI is InChI=1S/C5H8O5/c6-1-3(8)5(10)4(9)2-7/h3,6-8H,1-2H2. The van der Waals surface area contributed by atoms with Crippen molar-refractivity contribution in [3.05, 3.63) is 0 Å². The molecule has 1 unspecified atom stereocenters. The first kappa shape index (κ1) is 9.22. The van der Waals surface area contributed by atoms with E-state index in [0.29, 0.717) is 0 Å². The molecule has 0 aromatic rings. The summed E-state index contributed by atoms with van der Waals surface area (Å²) in [6, 6.07) is 0. The lowest BCUT2D eigenvalue weighted by molar-refractivity contribution is -0.144. The molecule has 0 fully saturated rings. The van der Waals surface area contributed by atoms with Gasteiger partial charge < -0.3 is 15.3 Å². The maximum absolute atomic E-state index is 10.4. The minimum absolute atomic E-state index is 0.801. The van der Waals surface area contributed by atoms with E-state index in [-0.39, 0.29) is 0 Å². The molecular weight excluding hydrogens is 140 g/mol. The molecule has 0 rings (SSSR count). The first-order valence-corrected chi connectivity index (χ1v) is 2.60. The number of ketones is 2. The van der Waals surface area contributed by atoms with Gasteiger partial charge in [0.05, 0.1) is 6.61 Å². The van der Waals surface area contributed by atoms with E-state index in [0.717, 1.165) is 0 Å². The second-order valence-corrected chi connectivity index (χ2v) is 1.64. The van der Waals surface area contributed by atoms with Crippen LogP contribution < -0.4 is 0 Å². The molecule has 0 bridgehead atoms. The Labute approximate surface area is 56.9 Å². The van der Waals surface area contributed by atoms with Crippen molar-refractivity contribution in [3.8, 4) is 0 Å². The lowest BCUT2D eigenvalue weighted by Crippen LogP contribution is -2.32. The molecule has 5 nitrogen and oxygen atoms in total. The topological polar surface area (TPSA) is 94.8 Å². The van der Waals surface area contributed by atoms with Crippen LogP contribution in [0.1, 0.15) is 0 Å². The van der Waals surface area contributed by atoms with E-state index in [4.69, 9.17) is 15.3 Å². The molecule has 3 N–H and O–H groups in total. The van der Waals surface area contributed by atoms with Crippen LogP contribution in [-0.4, -0.2) is 46.2 Å². The fourth-order valence-electron chi connectivity index (χ4n) is 0.347. The molecule has 0 heterocycles. The minimum Gasteiger partial charge on any atom is -0.393 e. The Morgan fingerprint density at radius 3 is 2.10 bits per heavy atom. The van der Waals surface area contributed by atoms with Crippen molar-refractivity contribution in [2.24, 2.45) is 0 Å². The van der Waals surface area contributed by atoms with Crippen molar-refractivity contribution in [1.29, 1.82) is 0 Å². The summed E-state index contributed by atoms with van der Waals surface area (Å²) < 4.78 is 0. The largest absolute Gasteiger partial charge is 0.393 e. The van der Waals surface area contributed by atoms with Gasteiger partial charge in [0.1, 0.15) is 12.7 Å². The van der Waals surface area contributed by atoms with Crippen LogP contribution in [0.15, 0.2) is 0 Å². The summed E-state index contributed by atoms with van der Waals surface area (Å²) in [5.41, 5.74) is 0. The summed E-state index contributed by atoms with van der Waals surface area (Å²) in [5.74, 6) is -2.26. The van der Waals surface area contributed by atoms with Crippen LogP contribution >= 0.6 is 0 Å². The number of carbonyl (C=O) groups is 2. The predicted octanol–water partition coefficient (Wildman–Crippen LogP) is -2.53. The molecule has 1 atom stereocenters. The van der Waals surface area contributed by atoms with E-state index in [1.807, 2.05) is 0 Å². The van der Waals surface area contributed by atoms with Gasteiger partial charge in [-0.2, -0.15) is 0 Å². The molecular formula is C5H8O5. The Hall–Kier alpha value is -0.780. The Balaban J connectivity index is 3.95. The van der Waals surface area contributed by atoms with Gasteiger partial charge in [0, 0.05) is 0 Å². The predicted molar refractivity (Wildman–Crippen MR) is 30.2 cm³/mol. The average Bonchev–Trinajstić information content (AvgIpc) is 2.00. The molecule has 0 amide bonds. The van der Waals surface area contributed by atoms with E-state index in [9.17, 15) is 9.59 Å². The zero-order valence-electron chi connectivity index (χ0n) is 5.15. The van der Waals surface area contributed by atoms with E-state index in [1.165, 1.54) is 0 Å². The highest BCUT2D eigenvalue weighted by Gasteiger charge is 2.20. The lowest BCUT2D eigenvalue weighted by Gasteiger charge is -2.01. The molecule has 0 aromatic carbocycles. The number of Topliss-reactive ketones (excluding diaryl/α,β-unsaturated/α-hetero) is 2. The van der Waals surface area contributed by atoms with Crippen molar-refractivity contribution in [3.63, 3.8) is 0 Å². The molecule has 0 aliphatic heterocycles. The van der Waals surface area contributed by atoms with Crippen LogP contribution in [0.25, 0.3) is 0 Å². The number of hydrogen-bond donors (Lipinski definition) is 3. The molecule has 0 saturated carbocycles. The summed E-state index contributed by atoms with van der Waals surface area (Å²) in [5, 5.41) is 24.7. The highest BCUT2D eigenvalue weighted by molar-refractivity contribution is 6.39. The van der Waals surface area contributed by atoms with Crippen LogP contribution in [-0.2, 0) is 9.59 Å². The van der Waals surface area contributed by atoms with Crippen LogP contribution in [0.3, 0.4) is 0 Å². The van der Waals surface area contributed by atoms with Gasteiger partial charge in [0.15, 0.2) is 0 Å². The molecule has 0 radical (unpaired) electrons. The third-order valence-corrected chi connectivity index (χ3v) is 0.894. The summed E-state index contributed by atoms with van der Waals surface area (Å²) >= 11 is 0. The Bertz CT molecular complexity index is 141. The average molecular weight is 148 g/mol. The van der Waals surface area contributed by atoms with Gasteiger partial charge in [0.2, 0.25) is 11.6 Å². The van der Waals surface area contributed by atoms with Crippen molar-refractivity contribution < 1.29 is 24.9 Å². The molecule has 10 heavy (non-hydrogen) atoms. The van der Waals surface area contributed by atoms with E-state index in [2.05, 4.69) is 0 Å². The van der Waals surface area contributed by atoms with Crippen molar-refractivity contribution >= 4 is 11.6 Å². The molecule has 0 aromatic heterocycles. The lowest BCUT2D eigenvalue weighted by atomic mass is 10.2. The summed E-state index contributed by atoms with van der Waals surface area (Å²) in [7, 11) is 0. The van der Waals surface area contributed by atoms with E-state index < -0.39 is 30.9 Å². The third-order valence-electron chi connectivity index (χ3n) is 0.894. The number of carbonyl (C=O) groups excluding carboxylic acids is 2. The Morgan fingerprint density at radius 2 is 1.80 bits per heavy atom. The van der Waals surface area contributed by atoms with Gasteiger partial charge in [0.25, 0.3) is 0 Å². The summed E-state index contributed by atoms with van der Waals surface area (Å²) in [6.07, 6.45) is -1.69. The number of hydrogen-bond acceptors (Lipinski definition) is 5. The highest BCUT2D eigenvalue weighted by Crippen LogP contribution is 1.85. The monoisotopic (exact) mass is 148 g/mol. The van der Waals surface area contributed by atoms with E-state index in [1.54, 1.807) is 0 Å². The fourth-order valence-corrected chi connectivity index (χ4v) is 0.347. The zero-order chi connectivity index (χ0) is 8.15. The maximum Gasteiger partial charge on any atom is 0.231 e. The molecule has 58 valence electrons. The normalized spacial score (nSPS) is 12.7. The summed E-state index contributed by atoms with van der Waals surface area (Å²) in [6.45, 7) is -1.74. The second kappa shape index (κ2) is 4.10. The number of aliphatic hydroxyl groups excluding tert-OH is 3. The second-order valence-electron chi connectivity index (χ2n) is 1.64. The van der Waals surface area contributed by atoms with Crippen LogP contribution in [0, 0.1) is 0 Å². The SMILES string of the molecule is O=C(CO)C(=O)C(O)CO. The molecule has 0 spiro atoms. The zero-order valence-corrected chi connectivity index (χ0v) is 5.15. The molecule has 0 aliphatic rings. The van der Waals surface area contributed by atoms with Gasteiger partial charge in [-0.3, -0.25) is 9.59 Å². The third kappa shape index (κ3) is 2.22. The van der Waals surface area contributed by atoms with Gasteiger partial charge in [-0.1, -0.05) is 0 Å². The molecule has 0 aliphatic carbocycles. The van der Waals surface area contributed by atoms with E-state index >= 15 is 0 Å². The van der Waals surface area contributed by atoms with Crippen molar-refractivity contribution in [2.45, 2.75) is 6.10 Å². The highest BCUT2D eigenvalue weighted by atomic mass is 16.3. The Kier molecular flexibility index (Phi) is 3.78. The van der Waals surface area contributed by atoms with Crippen molar-refractivity contribution in [2.75, 3.05) is 13.2 Å². The van der Waals surface area contributed by atoms with Gasteiger partial charge >= 0.3 is 0 Å². The Morgan fingerprint density at radius 1 is 1.30 bits per heavy atom. The summed E-state index contributed by atoms with van der Waals surface area (Å²) in [4.78, 5) is 20.6. The smallest absolute Gasteiger partial charge is 0.231 e. The first-order valence-electron chi connectivity index (χ1n) is 2.60. The number of rotatable bonds is 4. The van der Waals surface area contributed by atoms with Gasteiger partial charge in [-0.15, -0.1) is 0 Å². The number of aliphatic hydroxyl groups is 3. The fraction of sp³-hybridized carbons (Fsp3) is 0.600. The van der Waals surface area contributed by atoms with Crippen LogP contribution in [0.4, 0.5) is 0 Å². The molecule has 5 heteroatoms. The minimum atomic E-state index is -1.69. The quantitative estimate of drug-likeness (QED) is 0.382. The van der Waals surface area contributed by atoms with Crippen LogP contribution in [0.5, 0.6) is 0 Å². The molecule has 0 saturated heterocycles.